The highest BCUT2D eigenvalue weighted by molar-refractivity contribution is 7.93. The van der Waals surface area contributed by atoms with Gasteiger partial charge < -0.3 is 5.11 Å². The molecule has 0 bridgehead atoms. The van der Waals surface area contributed by atoms with Crippen LogP contribution >= 0.6 is 0 Å². The van der Waals surface area contributed by atoms with E-state index in [9.17, 15) is 13.2 Å². The van der Waals surface area contributed by atoms with Gasteiger partial charge in [0.15, 0.2) is 5.75 Å². The van der Waals surface area contributed by atoms with E-state index in [2.05, 4.69) is 9.71 Å². The second-order valence-corrected chi connectivity index (χ2v) is 5.39. The third-order valence-corrected chi connectivity index (χ3v) is 3.35. The van der Waals surface area contributed by atoms with Crippen LogP contribution in [0.1, 0.15) is 0 Å². The number of fused-ring (bicyclic) bond motifs is 1. The molecule has 0 atom stereocenters. The second kappa shape index (κ2) is 4.61. The lowest BCUT2D eigenvalue weighted by Gasteiger charge is -2.06. The SMILES string of the molecule is O=C(O)CS(=O)(=O)Nc1cnc2ccccc2c1. The van der Waals surface area contributed by atoms with Gasteiger partial charge in [0.1, 0.15) is 0 Å². The molecule has 1 aromatic carbocycles. The number of aliphatic carboxylic acids is 1. The Hall–Kier alpha value is -2.15. The fourth-order valence-electron chi connectivity index (χ4n) is 1.51. The van der Waals surface area contributed by atoms with Gasteiger partial charge in [-0.3, -0.25) is 14.5 Å². The van der Waals surface area contributed by atoms with E-state index < -0.39 is 21.7 Å². The Kier molecular flexibility index (Phi) is 3.15. The number of pyridine rings is 1. The van der Waals surface area contributed by atoms with Gasteiger partial charge in [-0.25, -0.2) is 8.42 Å². The van der Waals surface area contributed by atoms with Gasteiger partial charge in [-0.15, -0.1) is 0 Å². The summed E-state index contributed by atoms with van der Waals surface area (Å²) in [7, 11) is -3.89. The van der Waals surface area contributed by atoms with E-state index in [0.717, 1.165) is 10.9 Å². The molecule has 18 heavy (non-hydrogen) atoms. The topological polar surface area (TPSA) is 96.4 Å². The molecule has 2 rings (SSSR count). The summed E-state index contributed by atoms with van der Waals surface area (Å²) in [4.78, 5) is 14.5. The van der Waals surface area contributed by atoms with Crippen molar-refractivity contribution in [2.75, 3.05) is 10.5 Å². The number of aromatic nitrogens is 1. The van der Waals surface area contributed by atoms with Gasteiger partial charge in [0.05, 0.1) is 17.4 Å². The quantitative estimate of drug-likeness (QED) is 0.862. The van der Waals surface area contributed by atoms with Crippen LogP contribution in [0.15, 0.2) is 36.5 Å². The third-order valence-electron chi connectivity index (χ3n) is 2.18. The van der Waals surface area contributed by atoms with Crippen LogP contribution in [0, 0.1) is 0 Å². The Morgan fingerprint density at radius 2 is 2.06 bits per heavy atom. The van der Waals surface area contributed by atoms with Crippen molar-refractivity contribution in [1.29, 1.82) is 0 Å². The average molecular weight is 266 g/mol. The maximum absolute atomic E-state index is 11.4. The van der Waals surface area contributed by atoms with E-state index in [-0.39, 0.29) is 5.69 Å². The first-order chi connectivity index (χ1) is 8.46. The first-order valence-electron chi connectivity index (χ1n) is 5.03. The van der Waals surface area contributed by atoms with Crippen LogP contribution in [0.3, 0.4) is 0 Å². The van der Waals surface area contributed by atoms with Gasteiger partial charge in [0.2, 0.25) is 10.0 Å². The number of carbonyl (C=O) groups is 1. The smallest absolute Gasteiger partial charge is 0.320 e. The van der Waals surface area contributed by atoms with Crippen LogP contribution in [0.2, 0.25) is 0 Å². The van der Waals surface area contributed by atoms with Gasteiger partial charge in [-0.05, 0) is 12.1 Å². The predicted molar refractivity (Wildman–Crippen MR) is 66.8 cm³/mol. The highest BCUT2D eigenvalue weighted by Gasteiger charge is 2.15. The van der Waals surface area contributed by atoms with Crippen LogP contribution in [0.25, 0.3) is 10.9 Å². The van der Waals surface area contributed by atoms with Crippen LogP contribution in [0.4, 0.5) is 5.69 Å². The summed E-state index contributed by atoms with van der Waals surface area (Å²) in [6.45, 7) is 0. The van der Waals surface area contributed by atoms with Crippen molar-refractivity contribution >= 4 is 32.6 Å². The van der Waals surface area contributed by atoms with E-state index in [1.807, 2.05) is 6.07 Å². The summed E-state index contributed by atoms with van der Waals surface area (Å²) in [5.74, 6) is -2.38. The minimum absolute atomic E-state index is 0.245. The minimum atomic E-state index is -3.89. The number of hydrogen-bond acceptors (Lipinski definition) is 4. The third kappa shape index (κ3) is 2.95. The Labute approximate surface area is 103 Å². The van der Waals surface area contributed by atoms with Gasteiger partial charge in [0.25, 0.3) is 0 Å². The maximum Gasteiger partial charge on any atom is 0.320 e. The van der Waals surface area contributed by atoms with E-state index in [4.69, 9.17) is 5.11 Å². The molecule has 0 saturated carbocycles. The summed E-state index contributed by atoms with van der Waals surface area (Å²) in [5, 5.41) is 9.24. The Morgan fingerprint density at radius 1 is 1.33 bits per heavy atom. The molecule has 0 aliphatic heterocycles. The lowest BCUT2D eigenvalue weighted by atomic mass is 10.2. The van der Waals surface area contributed by atoms with Crippen LogP contribution in [-0.4, -0.2) is 30.2 Å². The molecule has 0 fully saturated rings. The van der Waals surface area contributed by atoms with Crippen molar-refractivity contribution in [1.82, 2.24) is 4.98 Å². The Morgan fingerprint density at radius 3 is 2.78 bits per heavy atom. The van der Waals surface area contributed by atoms with Crippen molar-refractivity contribution in [3.63, 3.8) is 0 Å². The molecule has 6 nitrogen and oxygen atoms in total. The number of nitrogens with one attached hydrogen (secondary N) is 1. The number of rotatable bonds is 4. The number of carboxylic acids is 1. The van der Waals surface area contributed by atoms with E-state index in [1.165, 1.54) is 6.20 Å². The molecule has 0 saturated heterocycles. The number of carboxylic acid groups (broad SMARTS) is 1. The zero-order valence-corrected chi connectivity index (χ0v) is 10.0. The maximum atomic E-state index is 11.4. The molecule has 2 aromatic rings. The van der Waals surface area contributed by atoms with Gasteiger partial charge in [-0.1, -0.05) is 18.2 Å². The molecule has 0 amide bonds. The number of para-hydroxylation sites is 1. The molecule has 94 valence electrons. The van der Waals surface area contributed by atoms with Crippen LogP contribution in [0.5, 0.6) is 0 Å². The van der Waals surface area contributed by atoms with Gasteiger partial charge >= 0.3 is 5.97 Å². The highest BCUT2D eigenvalue weighted by Crippen LogP contribution is 2.16. The normalized spacial score (nSPS) is 11.3. The van der Waals surface area contributed by atoms with Crippen molar-refractivity contribution in [2.24, 2.45) is 0 Å². The fraction of sp³-hybridized carbons (Fsp3) is 0.0909. The number of benzene rings is 1. The van der Waals surface area contributed by atoms with E-state index in [1.54, 1.807) is 24.3 Å². The van der Waals surface area contributed by atoms with Crippen molar-refractivity contribution in [3.8, 4) is 0 Å². The molecule has 1 aromatic heterocycles. The first-order valence-corrected chi connectivity index (χ1v) is 6.68. The van der Waals surface area contributed by atoms with E-state index in [0.29, 0.717) is 0 Å². The summed E-state index contributed by atoms with van der Waals surface area (Å²) in [6, 6.07) is 8.81. The van der Waals surface area contributed by atoms with Crippen molar-refractivity contribution < 1.29 is 18.3 Å². The Bertz CT molecular complexity index is 697. The molecule has 0 radical (unpaired) electrons. The van der Waals surface area contributed by atoms with Gasteiger partial charge in [-0.2, -0.15) is 0 Å². The zero-order chi connectivity index (χ0) is 13.2. The average Bonchev–Trinajstić information content (AvgIpc) is 2.26. The molecule has 7 heteroatoms. The van der Waals surface area contributed by atoms with Crippen molar-refractivity contribution in [2.45, 2.75) is 0 Å². The molecule has 1 heterocycles. The number of hydrogen-bond donors (Lipinski definition) is 2. The van der Waals surface area contributed by atoms with Crippen LogP contribution < -0.4 is 4.72 Å². The molecular weight excluding hydrogens is 256 g/mol. The summed E-state index contributed by atoms with van der Waals surface area (Å²) in [5.41, 5.74) is 0.980. The highest BCUT2D eigenvalue weighted by atomic mass is 32.2. The fourth-order valence-corrected chi connectivity index (χ4v) is 2.37. The summed E-state index contributed by atoms with van der Waals surface area (Å²) >= 11 is 0. The summed E-state index contributed by atoms with van der Waals surface area (Å²) < 4.78 is 25.0. The van der Waals surface area contributed by atoms with Crippen LogP contribution in [-0.2, 0) is 14.8 Å². The van der Waals surface area contributed by atoms with Crippen molar-refractivity contribution in [3.05, 3.63) is 36.5 Å². The Balaban J connectivity index is 2.30. The largest absolute Gasteiger partial charge is 0.480 e. The standard InChI is InChI=1S/C11H10N2O4S/c14-11(15)7-18(16,17)13-9-5-8-3-1-2-4-10(8)12-6-9/h1-6,13H,7H2,(H,14,15). The molecule has 0 aliphatic carbocycles. The lowest BCUT2D eigenvalue weighted by Crippen LogP contribution is -2.22. The predicted octanol–water partition coefficient (Wildman–Crippen LogP) is 1.06. The van der Waals surface area contributed by atoms with Gasteiger partial charge in [0, 0.05) is 5.39 Å². The monoisotopic (exact) mass is 266 g/mol. The molecule has 2 N–H and O–H groups in total. The number of anilines is 1. The molecule has 0 spiro atoms. The summed E-state index contributed by atoms with van der Waals surface area (Å²) in [6.07, 6.45) is 1.35. The van der Waals surface area contributed by atoms with E-state index >= 15 is 0 Å². The minimum Gasteiger partial charge on any atom is -0.480 e. The number of nitrogens with zero attached hydrogens (tertiary/aromatic N) is 1. The first kappa shape index (κ1) is 12.3. The molecular formula is C11H10N2O4S. The molecule has 0 aliphatic rings. The zero-order valence-electron chi connectivity index (χ0n) is 9.20. The second-order valence-electron chi connectivity index (χ2n) is 3.67. The number of sulfonamides is 1. The lowest BCUT2D eigenvalue weighted by molar-refractivity contribution is -0.134. The molecule has 0 unspecified atom stereocenters.